The number of fused-ring (bicyclic) bond motifs is 1. The van der Waals surface area contributed by atoms with Crippen molar-refractivity contribution in [3.05, 3.63) is 46.1 Å². The van der Waals surface area contributed by atoms with Gasteiger partial charge in [-0.1, -0.05) is 6.07 Å². The van der Waals surface area contributed by atoms with E-state index in [4.69, 9.17) is 5.11 Å². The zero-order chi connectivity index (χ0) is 15.1. The summed E-state index contributed by atoms with van der Waals surface area (Å²) < 4.78 is 1.91. The third-order valence-corrected chi connectivity index (χ3v) is 4.64. The van der Waals surface area contributed by atoms with Crippen molar-refractivity contribution in [3.63, 3.8) is 0 Å². The lowest BCUT2D eigenvalue weighted by molar-refractivity contribution is -0.136. The zero-order valence-electron chi connectivity index (χ0n) is 12.2. The predicted octanol–water partition coefficient (Wildman–Crippen LogP) is 3.62. The summed E-state index contributed by atoms with van der Waals surface area (Å²) >= 11 is 1.43. The molecule has 1 N–H and O–H groups in total. The lowest BCUT2D eigenvalue weighted by atomic mass is 9.99. The van der Waals surface area contributed by atoms with Crippen LogP contribution in [-0.2, 0) is 11.2 Å². The predicted molar refractivity (Wildman–Crippen MR) is 84.1 cm³/mol. The molecule has 0 saturated heterocycles. The van der Waals surface area contributed by atoms with Gasteiger partial charge in [0.05, 0.1) is 12.1 Å². The van der Waals surface area contributed by atoms with Crippen molar-refractivity contribution in [1.29, 1.82) is 0 Å². The van der Waals surface area contributed by atoms with Crippen LogP contribution < -0.4 is 0 Å². The van der Waals surface area contributed by atoms with Gasteiger partial charge in [-0.05, 0) is 43.5 Å². The number of carboxylic acid groups (broad SMARTS) is 1. The molecule has 5 heteroatoms. The fraction of sp³-hybridized carbons (Fsp3) is 0.250. The van der Waals surface area contributed by atoms with Gasteiger partial charge in [-0.2, -0.15) is 0 Å². The van der Waals surface area contributed by atoms with Crippen LogP contribution in [0.25, 0.3) is 16.2 Å². The Balaban J connectivity index is 2.04. The molecule has 0 amide bonds. The zero-order valence-corrected chi connectivity index (χ0v) is 13.0. The number of aryl methyl sites for hydroxylation is 3. The molecule has 0 atom stereocenters. The smallest absolute Gasteiger partial charge is 0.308 e. The van der Waals surface area contributed by atoms with Gasteiger partial charge in [0.25, 0.3) is 0 Å². The molecule has 21 heavy (non-hydrogen) atoms. The summed E-state index contributed by atoms with van der Waals surface area (Å²) in [4.78, 5) is 17.0. The minimum absolute atomic E-state index is 0.0476. The summed E-state index contributed by atoms with van der Waals surface area (Å²) in [6, 6.07) is 4.34. The second kappa shape index (κ2) is 5.00. The standard InChI is InChI=1S/C16H16N2O2S/c1-9-4-11(3)13(5-10(9)2)14-8-18-7-12(6-15(19)20)21-16(18)17-14/h4-5,7-8H,6H2,1-3H3,(H,19,20). The van der Waals surface area contributed by atoms with Gasteiger partial charge in [0.15, 0.2) is 4.96 Å². The van der Waals surface area contributed by atoms with Crippen molar-refractivity contribution in [2.24, 2.45) is 0 Å². The Labute approximate surface area is 126 Å². The summed E-state index contributed by atoms with van der Waals surface area (Å²) in [5, 5.41) is 8.83. The highest BCUT2D eigenvalue weighted by atomic mass is 32.1. The largest absolute Gasteiger partial charge is 0.481 e. The van der Waals surface area contributed by atoms with E-state index in [2.05, 4.69) is 37.9 Å². The van der Waals surface area contributed by atoms with E-state index in [0.717, 1.165) is 21.1 Å². The maximum Gasteiger partial charge on any atom is 0.308 e. The molecule has 0 saturated carbocycles. The summed E-state index contributed by atoms with van der Waals surface area (Å²) in [5.74, 6) is -0.815. The minimum Gasteiger partial charge on any atom is -0.481 e. The van der Waals surface area contributed by atoms with Gasteiger partial charge in [0, 0.05) is 22.8 Å². The van der Waals surface area contributed by atoms with Gasteiger partial charge < -0.3 is 5.11 Å². The average Bonchev–Trinajstić information content (AvgIpc) is 2.90. The van der Waals surface area contributed by atoms with E-state index in [1.807, 2.05) is 16.8 Å². The van der Waals surface area contributed by atoms with Crippen LogP contribution in [0.15, 0.2) is 24.5 Å². The second-order valence-corrected chi connectivity index (χ2v) is 6.43. The average molecular weight is 300 g/mol. The molecule has 3 aromatic rings. The van der Waals surface area contributed by atoms with Gasteiger partial charge >= 0.3 is 5.97 Å². The number of hydrogen-bond donors (Lipinski definition) is 1. The van der Waals surface area contributed by atoms with Crippen LogP contribution in [0.2, 0.25) is 0 Å². The van der Waals surface area contributed by atoms with Crippen molar-refractivity contribution < 1.29 is 9.90 Å². The van der Waals surface area contributed by atoms with Crippen molar-refractivity contribution in [2.45, 2.75) is 27.2 Å². The van der Waals surface area contributed by atoms with Gasteiger partial charge in [0.1, 0.15) is 0 Å². The fourth-order valence-corrected chi connectivity index (χ4v) is 3.39. The normalized spacial score (nSPS) is 11.2. The van der Waals surface area contributed by atoms with Crippen LogP contribution in [0, 0.1) is 20.8 Å². The number of aromatic nitrogens is 2. The minimum atomic E-state index is -0.815. The van der Waals surface area contributed by atoms with Gasteiger partial charge in [0.2, 0.25) is 0 Å². The Bertz CT molecular complexity index is 814. The topological polar surface area (TPSA) is 54.6 Å². The summed E-state index contributed by atoms with van der Waals surface area (Å²) in [5.41, 5.74) is 5.80. The van der Waals surface area contributed by atoms with E-state index in [1.165, 1.54) is 28.0 Å². The van der Waals surface area contributed by atoms with Gasteiger partial charge in [-0.3, -0.25) is 9.20 Å². The van der Waals surface area contributed by atoms with Crippen molar-refractivity contribution in [3.8, 4) is 11.3 Å². The highest BCUT2D eigenvalue weighted by Gasteiger charge is 2.12. The van der Waals surface area contributed by atoms with Crippen LogP contribution in [0.3, 0.4) is 0 Å². The molecular weight excluding hydrogens is 284 g/mol. The van der Waals surface area contributed by atoms with E-state index in [1.54, 1.807) is 0 Å². The van der Waals surface area contributed by atoms with E-state index in [9.17, 15) is 4.79 Å². The molecule has 0 fully saturated rings. The summed E-state index contributed by atoms with van der Waals surface area (Å²) in [6.45, 7) is 6.29. The first kappa shape index (κ1) is 13.8. The van der Waals surface area contributed by atoms with Crippen LogP contribution >= 0.6 is 11.3 Å². The summed E-state index contributed by atoms with van der Waals surface area (Å²) in [7, 11) is 0. The number of benzene rings is 1. The highest BCUT2D eigenvalue weighted by molar-refractivity contribution is 7.17. The summed E-state index contributed by atoms with van der Waals surface area (Å²) in [6.07, 6.45) is 3.86. The number of carboxylic acids is 1. The molecule has 0 bridgehead atoms. The first-order chi connectivity index (χ1) is 9.94. The van der Waals surface area contributed by atoms with E-state index in [0.29, 0.717) is 0 Å². The molecule has 1 aromatic carbocycles. The van der Waals surface area contributed by atoms with Gasteiger partial charge in [-0.25, -0.2) is 4.98 Å². The lowest BCUT2D eigenvalue weighted by Gasteiger charge is -2.07. The first-order valence-corrected chi connectivity index (χ1v) is 7.53. The quantitative estimate of drug-likeness (QED) is 0.804. The number of thiazole rings is 1. The maximum absolute atomic E-state index is 10.7. The van der Waals surface area contributed by atoms with Gasteiger partial charge in [-0.15, -0.1) is 11.3 Å². The van der Waals surface area contributed by atoms with E-state index >= 15 is 0 Å². The lowest BCUT2D eigenvalue weighted by Crippen LogP contribution is -1.97. The first-order valence-electron chi connectivity index (χ1n) is 6.71. The van der Waals surface area contributed by atoms with Crippen LogP contribution in [-0.4, -0.2) is 20.5 Å². The Kier molecular flexibility index (Phi) is 3.29. The van der Waals surface area contributed by atoms with Crippen LogP contribution in [0.5, 0.6) is 0 Å². The molecule has 108 valence electrons. The molecule has 2 heterocycles. The molecule has 0 radical (unpaired) electrons. The molecule has 0 aliphatic carbocycles. The molecule has 3 rings (SSSR count). The van der Waals surface area contributed by atoms with Crippen molar-refractivity contribution in [1.82, 2.24) is 9.38 Å². The molecule has 0 spiro atoms. The Morgan fingerprint density at radius 3 is 2.57 bits per heavy atom. The Hall–Kier alpha value is -2.14. The molecule has 2 aromatic heterocycles. The third kappa shape index (κ3) is 2.56. The Morgan fingerprint density at radius 1 is 1.19 bits per heavy atom. The van der Waals surface area contributed by atoms with Crippen molar-refractivity contribution >= 4 is 22.3 Å². The maximum atomic E-state index is 10.7. The van der Waals surface area contributed by atoms with Crippen LogP contribution in [0.1, 0.15) is 21.6 Å². The number of hydrogen-bond acceptors (Lipinski definition) is 3. The SMILES string of the molecule is Cc1cc(C)c(-c2cn3cc(CC(=O)O)sc3n2)cc1C. The fourth-order valence-electron chi connectivity index (χ4n) is 2.44. The number of carbonyl (C=O) groups is 1. The molecule has 4 nitrogen and oxygen atoms in total. The van der Waals surface area contributed by atoms with E-state index in [-0.39, 0.29) is 6.42 Å². The Morgan fingerprint density at radius 2 is 1.90 bits per heavy atom. The van der Waals surface area contributed by atoms with E-state index < -0.39 is 5.97 Å². The molecule has 0 unspecified atom stereocenters. The monoisotopic (exact) mass is 300 g/mol. The second-order valence-electron chi connectivity index (χ2n) is 5.34. The molecular formula is C16H16N2O2S. The van der Waals surface area contributed by atoms with Crippen molar-refractivity contribution in [2.75, 3.05) is 0 Å². The molecule has 0 aliphatic heterocycles. The number of nitrogens with zero attached hydrogens (tertiary/aromatic N) is 2. The molecule has 0 aliphatic rings. The third-order valence-electron chi connectivity index (χ3n) is 3.65. The number of aliphatic carboxylic acids is 1. The number of rotatable bonds is 3. The number of imidazole rings is 1. The highest BCUT2D eigenvalue weighted by Crippen LogP contribution is 2.28. The van der Waals surface area contributed by atoms with Crippen LogP contribution in [0.4, 0.5) is 0 Å².